The van der Waals surface area contributed by atoms with Crippen LogP contribution in [-0.2, 0) is 9.47 Å². The minimum Gasteiger partial charge on any atom is -0.382 e. The monoisotopic (exact) mass is 227 g/mol. The van der Waals surface area contributed by atoms with Crippen LogP contribution in [0.3, 0.4) is 0 Å². The average molecular weight is 227 g/mol. The Hall–Kier alpha value is -0.120. The van der Waals surface area contributed by atoms with Gasteiger partial charge in [-0.05, 0) is 37.5 Å². The van der Waals surface area contributed by atoms with Crippen molar-refractivity contribution in [3.05, 3.63) is 0 Å². The highest BCUT2D eigenvalue weighted by Crippen LogP contribution is 2.43. The summed E-state index contributed by atoms with van der Waals surface area (Å²) in [6.07, 6.45) is 8.18. The van der Waals surface area contributed by atoms with Gasteiger partial charge in [-0.3, -0.25) is 0 Å². The quantitative estimate of drug-likeness (QED) is 0.611. The summed E-state index contributed by atoms with van der Waals surface area (Å²) in [5, 5.41) is 3.67. The van der Waals surface area contributed by atoms with Gasteiger partial charge < -0.3 is 14.8 Å². The number of hydrogen-bond donors (Lipinski definition) is 1. The minimum atomic E-state index is 0.565. The van der Waals surface area contributed by atoms with Gasteiger partial charge in [-0.1, -0.05) is 6.42 Å². The number of rotatable bonds is 9. The summed E-state index contributed by atoms with van der Waals surface area (Å²) in [6.45, 7) is 3.57. The van der Waals surface area contributed by atoms with Gasteiger partial charge in [0.15, 0.2) is 0 Å². The molecule has 0 aromatic heterocycles. The Morgan fingerprint density at radius 1 is 1.19 bits per heavy atom. The van der Waals surface area contributed by atoms with Crippen LogP contribution < -0.4 is 5.32 Å². The van der Waals surface area contributed by atoms with E-state index in [0.29, 0.717) is 12.0 Å². The second-order valence-corrected chi connectivity index (χ2v) is 5.36. The SMILES string of the molecule is COCCOCCC1(CNC2CC2)CCC1. The fraction of sp³-hybridized carbons (Fsp3) is 1.00. The summed E-state index contributed by atoms with van der Waals surface area (Å²) < 4.78 is 10.5. The summed E-state index contributed by atoms with van der Waals surface area (Å²) in [6, 6.07) is 0.840. The van der Waals surface area contributed by atoms with E-state index in [1.807, 2.05) is 0 Å². The van der Waals surface area contributed by atoms with Gasteiger partial charge in [0.05, 0.1) is 13.2 Å². The van der Waals surface area contributed by atoms with Crippen molar-refractivity contribution in [2.75, 3.05) is 33.5 Å². The minimum absolute atomic E-state index is 0.565. The van der Waals surface area contributed by atoms with Gasteiger partial charge in [-0.15, -0.1) is 0 Å². The molecule has 0 spiro atoms. The molecule has 2 saturated carbocycles. The molecule has 2 aliphatic carbocycles. The van der Waals surface area contributed by atoms with Crippen LogP contribution in [0.2, 0.25) is 0 Å². The molecule has 16 heavy (non-hydrogen) atoms. The standard InChI is InChI=1S/C13H25NO2/c1-15-9-10-16-8-7-13(5-2-6-13)11-14-12-3-4-12/h12,14H,2-11H2,1H3. The lowest BCUT2D eigenvalue weighted by molar-refractivity contribution is 0.0275. The number of ether oxygens (including phenoxy) is 2. The molecular formula is C13H25NO2. The third kappa shape index (κ3) is 3.72. The van der Waals surface area contributed by atoms with E-state index >= 15 is 0 Å². The molecule has 94 valence electrons. The number of nitrogens with one attached hydrogen (secondary N) is 1. The molecular weight excluding hydrogens is 202 g/mol. The van der Waals surface area contributed by atoms with E-state index in [4.69, 9.17) is 9.47 Å². The molecule has 0 atom stereocenters. The molecule has 0 saturated heterocycles. The Balaban J connectivity index is 1.56. The van der Waals surface area contributed by atoms with Crippen LogP contribution in [0, 0.1) is 5.41 Å². The fourth-order valence-corrected chi connectivity index (χ4v) is 2.37. The molecule has 1 N–H and O–H groups in total. The van der Waals surface area contributed by atoms with Crippen molar-refractivity contribution >= 4 is 0 Å². The van der Waals surface area contributed by atoms with Crippen LogP contribution in [-0.4, -0.2) is 39.5 Å². The molecule has 0 amide bonds. The maximum atomic E-state index is 5.58. The highest BCUT2D eigenvalue weighted by Gasteiger charge is 2.37. The van der Waals surface area contributed by atoms with Crippen molar-refractivity contribution in [1.82, 2.24) is 5.32 Å². The average Bonchev–Trinajstić information content (AvgIpc) is 3.03. The molecule has 3 nitrogen and oxygen atoms in total. The predicted molar refractivity (Wildman–Crippen MR) is 64.6 cm³/mol. The highest BCUT2D eigenvalue weighted by molar-refractivity contribution is 4.92. The second-order valence-electron chi connectivity index (χ2n) is 5.36. The van der Waals surface area contributed by atoms with Crippen LogP contribution in [0.15, 0.2) is 0 Å². The van der Waals surface area contributed by atoms with Crippen molar-refractivity contribution < 1.29 is 9.47 Å². The normalized spacial score (nSPS) is 23.1. The van der Waals surface area contributed by atoms with E-state index in [9.17, 15) is 0 Å². The Kier molecular flexibility index (Phi) is 4.62. The van der Waals surface area contributed by atoms with Gasteiger partial charge >= 0.3 is 0 Å². The summed E-state index contributed by atoms with van der Waals surface area (Å²) >= 11 is 0. The van der Waals surface area contributed by atoms with E-state index in [0.717, 1.165) is 19.3 Å². The lowest BCUT2D eigenvalue weighted by Crippen LogP contribution is -2.41. The van der Waals surface area contributed by atoms with Crippen LogP contribution in [0.4, 0.5) is 0 Å². The fourth-order valence-electron chi connectivity index (χ4n) is 2.37. The topological polar surface area (TPSA) is 30.5 Å². The first-order chi connectivity index (χ1) is 7.85. The smallest absolute Gasteiger partial charge is 0.0700 e. The molecule has 0 unspecified atom stereocenters. The van der Waals surface area contributed by atoms with Crippen molar-refractivity contribution in [3.63, 3.8) is 0 Å². The van der Waals surface area contributed by atoms with Crippen LogP contribution >= 0.6 is 0 Å². The Morgan fingerprint density at radius 2 is 2.00 bits per heavy atom. The van der Waals surface area contributed by atoms with Crippen molar-refractivity contribution in [3.8, 4) is 0 Å². The third-order valence-electron chi connectivity index (χ3n) is 3.97. The first-order valence-electron chi connectivity index (χ1n) is 6.65. The predicted octanol–water partition coefficient (Wildman–Crippen LogP) is 1.96. The summed E-state index contributed by atoms with van der Waals surface area (Å²) in [4.78, 5) is 0. The van der Waals surface area contributed by atoms with E-state index in [2.05, 4.69) is 5.32 Å². The molecule has 0 radical (unpaired) electrons. The maximum Gasteiger partial charge on any atom is 0.0700 e. The Bertz CT molecular complexity index is 200. The number of methoxy groups -OCH3 is 1. The molecule has 0 heterocycles. The molecule has 2 fully saturated rings. The van der Waals surface area contributed by atoms with E-state index in [1.165, 1.54) is 45.1 Å². The van der Waals surface area contributed by atoms with E-state index < -0.39 is 0 Å². The van der Waals surface area contributed by atoms with Gasteiger partial charge in [0, 0.05) is 26.3 Å². The van der Waals surface area contributed by atoms with Crippen molar-refractivity contribution in [2.45, 2.75) is 44.6 Å². The van der Waals surface area contributed by atoms with Gasteiger partial charge in [0.25, 0.3) is 0 Å². The maximum absolute atomic E-state index is 5.58. The molecule has 0 aliphatic heterocycles. The van der Waals surface area contributed by atoms with Gasteiger partial charge in [-0.2, -0.15) is 0 Å². The third-order valence-corrected chi connectivity index (χ3v) is 3.97. The second kappa shape index (κ2) is 5.99. The van der Waals surface area contributed by atoms with Crippen LogP contribution in [0.5, 0.6) is 0 Å². The first-order valence-corrected chi connectivity index (χ1v) is 6.65. The van der Waals surface area contributed by atoms with E-state index in [1.54, 1.807) is 7.11 Å². The van der Waals surface area contributed by atoms with Gasteiger partial charge in [0.2, 0.25) is 0 Å². The first kappa shape index (κ1) is 12.3. The van der Waals surface area contributed by atoms with Gasteiger partial charge in [-0.25, -0.2) is 0 Å². The zero-order valence-electron chi connectivity index (χ0n) is 10.5. The summed E-state index contributed by atoms with van der Waals surface area (Å²) in [7, 11) is 1.72. The lowest BCUT2D eigenvalue weighted by Gasteiger charge is -2.42. The zero-order valence-corrected chi connectivity index (χ0v) is 10.5. The highest BCUT2D eigenvalue weighted by atomic mass is 16.5. The van der Waals surface area contributed by atoms with Crippen LogP contribution in [0.1, 0.15) is 38.5 Å². The molecule has 0 aromatic rings. The summed E-state index contributed by atoms with van der Waals surface area (Å²) in [5.74, 6) is 0. The molecule has 2 aliphatic rings. The summed E-state index contributed by atoms with van der Waals surface area (Å²) in [5.41, 5.74) is 0.565. The molecule has 2 rings (SSSR count). The van der Waals surface area contributed by atoms with Crippen LogP contribution in [0.25, 0.3) is 0 Å². The molecule has 3 heteroatoms. The molecule has 0 aromatic carbocycles. The zero-order chi connectivity index (χ0) is 11.3. The number of hydrogen-bond acceptors (Lipinski definition) is 3. The lowest BCUT2D eigenvalue weighted by atomic mass is 9.67. The van der Waals surface area contributed by atoms with E-state index in [-0.39, 0.29) is 0 Å². The van der Waals surface area contributed by atoms with Crippen molar-refractivity contribution in [2.24, 2.45) is 5.41 Å². The van der Waals surface area contributed by atoms with Crippen molar-refractivity contribution in [1.29, 1.82) is 0 Å². The Labute approximate surface area is 98.9 Å². The van der Waals surface area contributed by atoms with Gasteiger partial charge in [0.1, 0.15) is 0 Å². The Morgan fingerprint density at radius 3 is 2.56 bits per heavy atom. The molecule has 0 bridgehead atoms. The largest absolute Gasteiger partial charge is 0.382 e.